The monoisotopic (exact) mass is 275 g/mol. The van der Waals surface area contributed by atoms with Crippen molar-refractivity contribution in [1.29, 1.82) is 0 Å². The molecule has 0 bridgehead atoms. The van der Waals surface area contributed by atoms with Gasteiger partial charge in [-0.15, -0.1) is 0 Å². The first-order valence-corrected chi connectivity index (χ1v) is 5.30. The number of rotatable bonds is 3. The average Bonchev–Trinajstić information content (AvgIpc) is 2.81. The van der Waals surface area contributed by atoms with Crippen LogP contribution in [0.1, 0.15) is 12.5 Å². The molecule has 0 fully saturated rings. The summed E-state index contributed by atoms with van der Waals surface area (Å²) in [5.41, 5.74) is -0.976. The first kappa shape index (κ1) is 13.2. The van der Waals surface area contributed by atoms with E-state index in [1.165, 1.54) is 0 Å². The van der Waals surface area contributed by atoms with Gasteiger partial charge in [-0.25, -0.2) is 14.1 Å². The summed E-state index contributed by atoms with van der Waals surface area (Å²) in [7, 11) is 0. The van der Waals surface area contributed by atoms with Gasteiger partial charge in [-0.1, -0.05) is 0 Å². The molecule has 9 heteroatoms. The lowest BCUT2D eigenvalue weighted by atomic mass is 10.3. The molecule has 0 aliphatic rings. The predicted molar refractivity (Wildman–Crippen MR) is 58.3 cm³/mol. The summed E-state index contributed by atoms with van der Waals surface area (Å²) in [6.07, 6.45) is -2.39. The summed E-state index contributed by atoms with van der Waals surface area (Å²) in [4.78, 5) is 7.41. The molecule has 2 rings (SSSR count). The molecule has 0 spiro atoms. The van der Waals surface area contributed by atoms with Crippen molar-refractivity contribution in [2.24, 2.45) is 0 Å². The van der Waals surface area contributed by atoms with E-state index in [1.54, 1.807) is 6.92 Å². The van der Waals surface area contributed by atoms with Crippen LogP contribution in [-0.4, -0.2) is 26.3 Å². The summed E-state index contributed by atoms with van der Waals surface area (Å²) in [5, 5.41) is 6.18. The van der Waals surface area contributed by atoms with Crippen LogP contribution >= 0.6 is 0 Å². The maximum Gasteiger partial charge on any atom is 0.419 e. The van der Waals surface area contributed by atoms with Gasteiger partial charge in [-0.3, -0.25) is 0 Å². The molecule has 2 aromatic rings. The minimum atomic E-state index is -4.54. The molecule has 0 aliphatic carbocycles. The van der Waals surface area contributed by atoms with Gasteiger partial charge in [-0.05, 0) is 6.92 Å². The fourth-order valence-corrected chi connectivity index (χ4v) is 1.35. The Bertz CT molecular complexity index is 578. The minimum Gasteiger partial charge on any atom is -0.354 e. The van der Waals surface area contributed by atoms with Gasteiger partial charge >= 0.3 is 6.18 Å². The van der Waals surface area contributed by atoms with Crippen molar-refractivity contribution in [2.75, 3.05) is 11.9 Å². The zero-order valence-electron chi connectivity index (χ0n) is 9.74. The summed E-state index contributed by atoms with van der Waals surface area (Å²) in [6, 6.07) is 0. The van der Waals surface area contributed by atoms with Gasteiger partial charge in [0.25, 0.3) is 0 Å². The lowest BCUT2D eigenvalue weighted by Gasteiger charge is -2.05. The Balaban J connectivity index is 2.41. The first-order chi connectivity index (χ1) is 8.91. The van der Waals surface area contributed by atoms with Crippen molar-refractivity contribution in [2.45, 2.75) is 13.1 Å². The molecule has 0 aromatic carbocycles. The largest absolute Gasteiger partial charge is 0.419 e. The lowest BCUT2D eigenvalue weighted by molar-refractivity contribution is -0.137. The van der Waals surface area contributed by atoms with Crippen molar-refractivity contribution in [3.8, 4) is 5.82 Å². The number of aromatic nitrogens is 4. The van der Waals surface area contributed by atoms with E-state index in [2.05, 4.69) is 20.4 Å². The summed E-state index contributed by atoms with van der Waals surface area (Å²) in [5.74, 6) is -1.09. The minimum absolute atomic E-state index is 0.114. The maximum atomic E-state index is 13.5. The second-order valence-corrected chi connectivity index (χ2v) is 3.57. The van der Waals surface area contributed by atoms with Crippen LogP contribution in [0.2, 0.25) is 0 Å². The molecule has 0 radical (unpaired) electrons. The van der Waals surface area contributed by atoms with E-state index in [9.17, 15) is 17.6 Å². The quantitative estimate of drug-likeness (QED) is 0.873. The SMILES string of the molecule is CCNc1ncc(F)c(-n2cc(C(F)(F)F)cn2)n1. The summed E-state index contributed by atoms with van der Waals surface area (Å²) < 4.78 is 51.5. The Morgan fingerprint density at radius 3 is 2.63 bits per heavy atom. The predicted octanol–water partition coefficient (Wildman–Crippen LogP) is 2.25. The highest BCUT2D eigenvalue weighted by molar-refractivity contribution is 5.33. The molecule has 0 atom stereocenters. The zero-order chi connectivity index (χ0) is 14.0. The third-order valence-corrected chi connectivity index (χ3v) is 2.19. The van der Waals surface area contributed by atoms with Gasteiger partial charge in [0.2, 0.25) is 5.95 Å². The fraction of sp³-hybridized carbons (Fsp3) is 0.300. The third-order valence-electron chi connectivity index (χ3n) is 2.19. The molecular weight excluding hydrogens is 266 g/mol. The van der Waals surface area contributed by atoms with Gasteiger partial charge in [0.15, 0.2) is 11.6 Å². The molecule has 0 saturated heterocycles. The second kappa shape index (κ2) is 4.82. The van der Waals surface area contributed by atoms with Crippen LogP contribution in [0.25, 0.3) is 5.82 Å². The molecule has 0 unspecified atom stereocenters. The van der Waals surface area contributed by atoms with E-state index >= 15 is 0 Å². The standard InChI is InChI=1S/C10H9F4N5/c1-2-15-9-16-4-7(11)8(18-9)19-5-6(3-17-19)10(12,13)14/h3-5H,2H2,1H3,(H,15,16,18). The molecular formula is C10H9F4N5. The zero-order valence-corrected chi connectivity index (χ0v) is 9.74. The smallest absolute Gasteiger partial charge is 0.354 e. The highest BCUT2D eigenvalue weighted by atomic mass is 19.4. The Kier molecular flexibility index (Phi) is 3.36. The molecule has 5 nitrogen and oxygen atoms in total. The number of anilines is 1. The highest BCUT2D eigenvalue weighted by Crippen LogP contribution is 2.29. The number of alkyl halides is 3. The van der Waals surface area contributed by atoms with E-state index in [1.807, 2.05) is 0 Å². The average molecular weight is 275 g/mol. The molecule has 19 heavy (non-hydrogen) atoms. The summed E-state index contributed by atoms with van der Waals surface area (Å²) in [6.45, 7) is 2.28. The number of halogens is 4. The number of hydrogen-bond donors (Lipinski definition) is 1. The van der Waals surface area contributed by atoms with Crippen molar-refractivity contribution < 1.29 is 17.6 Å². The normalized spacial score (nSPS) is 11.6. The van der Waals surface area contributed by atoms with Gasteiger partial charge in [0, 0.05) is 12.7 Å². The van der Waals surface area contributed by atoms with Crippen molar-refractivity contribution in [3.05, 3.63) is 30.0 Å². The van der Waals surface area contributed by atoms with Crippen LogP contribution in [0.5, 0.6) is 0 Å². The topological polar surface area (TPSA) is 55.6 Å². The summed E-state index contributed by atoms with van der Waals surface area (Å²) >= 11 is 0. The van der Waals surface area contributed by atoms with Crippen LogP contribution in [0, 0.1) is 5.82 Å². The number of hydrogen-bond acceptors (Lipinski definition) is 4. The molecule has 0 saturated carbocycles. The Morgan fingerprint density at radius 1 is 1.32 bits per heavy atom. The molecule has 2 aromatic heterocycles. The third kappa shape index (κ3) is 2.80. The fourth-order valence-electron chi connectivity index (χ4n) is 1.35. The van der Waals surface area contributed by atoms with Crippen molar-refractivity contribution >= 4 is 5.95 Å². The molecule has 2 heterocycles. The van der Waals surface area contributed by atoms with Gasteiger partial charge < -0.3 is 5.32 Å². The van der Waals surface area contributed by atoms with Crippen LogP contribution in [0.4, 0.5) is 23.5 Å². The van der Waals surface area contributed by atoms with E-state index in [0.29, 0.717) is 18.9 Å². The maximum absolute atomic E-state index is 13.5. The van der Waals surface area contributed by atoms with Crippen LogP contribution in [-0.2, 0) is 6.18 Å². The van der Waals surface area contributed by atoms with E-state index in [4.69, 9.17) is 0 Å². The van der Waals surface area contributed by atoms with Crippen molar-refractivity contribution in [1.82, 2.24) is 19.7 Å². The number of nitrogens with zero attached hydrogens (tertiary/aromatic N) is 4. The van der Waals surface area contributed by atoms with Gasteiger partial charge in [0.05, 0.1) is 18.0 Å². The Labute approximate surface area is 105 Å². The van der Waals surface area contributed by atoms with Gasteiger partial charge in [-0.2, -0.15) is 23.3 Å². The van der Waals surface area contributed by atoms with E-state index in [0.717, 1.165) is 10.9 Å². The molecule has 1 N–H and O–H groups in total. The highest BCUT2D eigenvalue weighted by Gasteiger charge is 2.32. The van der Waals surface area contributed by atoms with Crippen LogP contribution in [0.3, 0.4) is 0 Å². The second-order valence-electron chi connectivity index (χ2n) is 3.57. The van der Waals surface area contributed by atoms with Crippen molar-refractivity contribution in [3.63, 3.8) is 0 Å². The van der Waals surface area contributed by atoms with Gasteiger partial charge in [0.1, 0.15) is 0 Å². The Morgan fingerprint density at radius 2 is 2.05 bits per heavy atom. The van der Waals surface area contributed by atoms with Crippen LogP contribution in [0.15, 0.2) is 18.6 Å². The lowest BCUT2D eigenvalue weighted by Crippen LogP contribution is -2.08. The molecule has 0 amide bonds. The van der Waals surface area contributed by atoms with E-state index < -0.39 is 17.6 Å². The molecule has 102 valence electrons. The van der Waals surface area contributed by atoms with E-state index in [-0.39, 0.29) is 11.8 Å². The Hall–Kier alpha value is -2.19. The molecule has 0 aliphatic heterocycles. The first-order valence-electron chi connectivity index (χ1n) is 5.30. The van der Waals surface area contributed by atoms with Crippen LogP contribution < -0.4 is 5.32 Å². The number of nitrogens with one attached hydrogen (secondary N) is 1.